The number of aromatic nitrogens is 1. The van der Waals surface area contributed by atoms with Gasteiger partial charge < -0.3 is 0 Å². The van der Waals surface area contributed by atoms with Crippen molar-refractivity contribution >= 4 is 33.3 Å². The molecule has 0 aliphatic rings. The van der Waals surface area contributed by atoms with Gasteiger partial charge in [0.2, 0.25) is 0 Å². The van der Waals surface area contributed by atoms with Crippen LogP contribution in [0.1, 0.15) is 6.42 Å². The second-order valence-corrected chi connectivity index (χ2v) is 5.53. The molecule has 0 amide bonds. The standard InChI is InChI=1S/C10H8F3NS2/c11-10(12,13)5-6-15-9-14-7-3-1-2-4-8(7)16-9/h1-4H,5-6H2. The average molecular weight is 263 g/mol. The van der Waals surface area contributed by atoms with E-state index in [4.69, 9.17) is 0 Å². The van der Waals surface area contributed by atoms with Crippen molar-refractivity contribution in [2.24, 2.45) is 0 Å². The molecule has 0 bridgehead atoms. The molecule has 6 heteroatoms. The van der Waals surface area contributed by atoms with Crippen molar-refractivity contribution < 1.29 is 13.2 Å². The highest BCUT2D eigenvalue weighted by atomic mass is 32.2. The molecule has 16 heavy (non-hydrogen) atoms. The Labute approximate surface area is 98.7 Å². The third-order valence-electron chi connectivity index (χ3n) is 1.89. The van der Waals surface area contributed by atoms with E-state index in [9.17, 15) is 13.2 Å². The SMILES string of the molecule is FC(F)(F)CCSc1nc2ccccc2s1. The summed E-state index contributed by atoms with van der Waals surface area (Å²) in [4.78, 5) is 4.25. The number of fused-ring (bicyclic) bond motifs is 1. The fourth-order valence-electron chi connectivity index (χ4n) is 1.17. The van der Waals surface area contributed by atoms with Crippen molar-refractivity contribution in [1.82, 2.24) is 4.98 Å². The molecule has 1 heterocycles. The van der Waals surface area contributed by atoms with Crippen molar-refractivity contribution in [1.29, 1.82) is 0 Å². The van der Waals surface area contributed by atoms with E-state index in [0.29, 0.717) is 4.34 Å². The predicted octanol–water partition coefficient (Wildman–Crippen LogP) is 4.34. The monoisotopic (exact) mass is 263 g/mol. The minimum absolute atomic E-state index is 0.0311. The lowest BCUT2D eigenvalue weighted by molar-refractivity contribution is -0.129. The van der Waals surface area contributed by atoms with E-state index in [1.165, 1.54) is 11.3 Å². The summed E-state index contributed by atoms with van der Waals surface area (Å²) in [6, 6.07) is 7.54. The fraction of sp³-hybridized carbons (Fsp3) is 0.300. The summed E-state index contributed by atoms with van der Waals surface area (Å²) < 4.78 is 37.5. The summed E-state index contributed by atoms with van der Waals surface area (Å²) in [5.41, 5.74) is 0.849. The van der Waals surface area contributed by atoms with Gasteiger partial charge in [0.05, 0.1) is 16.6 Å². The molecule has 0 saturated heterocycles. The molecule has 0 aliphatic heterocycles. The molecule has 0 radical (unpaired) electrons. The van der Waals surface area contributed by atoms with Gasteiger partial charge in [0.1, 0.15) is 0 Å². The minimum Gasteiger partial charge on any atom is -0.230 e. The minimum atomic E-state index is -4.08. The van der Waals surface area contributed by atoms with E-state index >= 15 is 0 Å². The van der Waals surface area contributed by atoms with Crippen LogP contribution in [0.5, 0.6) is 0 Å². The molecule has 0 aliphatic carbocycles. The number of nitrogens with zero attached hydrogens (tertiary/aromatic N) is 1. The molecule has 0 atom stereocenters. The Bertz CT molecular complexity index is 445. The normalized spacial score (nSPS) is 12.2. The number of hydrogen-bond acceptors (Lipinski definition) is 3. The molecule has 1 aromatic heterocycles. The average Bonchev–Trinajstić information content (AvgIpc) is 2.57. The van der Waals surface area contributed by atoms with Gasteiger partial charge in [-0.15, -0.1) is 11.3 Å². The fourth-order valence-corrected chi connectivity index (χ4v) is 3.29. The van der Waals surface area contributed by atoms with Crippen molar-refractivity contribution in [3.63, 3.8) is 0 Å². The Balaban J connectivity index is 2.00. The van der Waals surface area contributed by atoms with E-state index in [1.807, 2.05) is 24.3 Å². The molecule has 0 unspecified atom stereocenters. The number of rotatable bonds is 3. The maximum Gasteiger partial charge on any atom is 0.389 e. The van der Waals surface area contributed by atoms with Crippen LogP contribution in [0.2, 0.25) is 0 Å². The molecule has 1 nitrogen and oxygen atoms in total. The first-order valence-corrected chi connectivity index (χ1v) is 6.40. The maximum absolute atomic E-state index is 11.9. The second-order valence-electron chi connectivity index (χ2n) is 3.16. The quantitative estimate of drug-likeness (QED) is 0.764. The van der Waals surface area contributed by atoms with Crippen LogP contribution in [0.15, 0.2) is 28.6 Å². The zero-order chi connectivity index (χ0) is 11.6. The lowest BCUT2D eigenvalue weighted by atomic mass is 10.3. The van der Waals surface area contributed by atoms with E-state index in [-0.39, 0.29) is 5.75 Å². The number of benzene rings is 1. The summed E-state index contributed by atoms with van der Waals surface area (Å²) in [7, 11) is 0. The van der Waals surface area contributed by atoms with Crippen LogP contribution in [0.3, 0.4) is 0 Å². The lowest BCUT2D eigenvalue weighted by Crippen LogP contribution is -2.07. The second kappa shape index (κ2) is 4.63. The number of hydrogen-bond donors (Lipinski definition) is 0. The third-order valence-corrected chi connectivity index (χ3v) is 4.07. The first-order valence-electron chi connectivity index (χ1n) is 4.60. The number of alkyl halides is 3. The van der Waals surface area contributed by atoms with Crippen LogP contribution in [0, 0.1) is 0 Å². The van der Waals surface area contributed by atoms with Crippen LogP contribution in [-0.4, -0.2) is 16.9 Å². The van der Waals surface area contributed by atoms with E-state index in [2.05, 4.69) is 4.98 Å². The van der Waals surface area contributed by atoms with E-state index in [0.717, 1.165) is 22.0 Å². The molecular weight excluding hydrogens is 255 g/mol. The van der Waals surface area contributed by atoms with Gasteiger partial charge in [0, 0.05) is 5.75 Å². The molecule has 0 fully saturated rings. The summed E-state index contributed by atoms with van der Waals surface area (Å²) in [6.45, 7) is 0. The highest BCUT2D eigenvalue weighted by Gasteiger charge is 2.26. The van der Waals surface area contributed by atoms with Gasteiger partial charge in [-0.05, 0) is 12.1 Å². The van der Waals surface area contributed by atoms with Crippen LogP contribution in [0.25, 0.3) is 10.2 Å². The van der Waals surface area contributed by atoms with Gasteiger partial charge in [-0.1, -0.05) is 23.9 Å². The van der Waals surface area contributed by atoms with Gasteiger partial charge in [-0.25, -0.2) is 4.98 Å². The number of halogens is 3. The smallest absolute Gasteiger partial charge is 0.230 e. The number of thioether (sulfide) groups is 1. The molecule has 1 aromatic carbocycles. The molecule has 0 N–H and O–H groups in total. The highest BCUT2D eigenvalue weighted by molar-refractivity contribution is 8.01. The Morgan fingerprint density at radius 2 is 2.00 bits per heavy atom. The first kappa shape index (κ1) is 11.7. The third kappa shape index (κ3) is 3.12. The van der Waals surface area contributed by atoms with Crippen LogP contribution < -0.4 is 0 Å². The Kier molecular flexibility index (Phi) is 3.39. The van der Waals surface area contributed by atoms with Crippen LogP contribution >= 0.6 is 23.1 Å². The zero-order valence-electron chi connectivity index (χ0n) is 8.12. The zero-order valence-corrected chi connectivity index (χ0v) is 9.75. The summed E-state index contributed by atoms with van der Waals surface area (Å²) in [6.07, 6.45) is -4.85. The van der Waals surface area contributed by atoms with Crippen molar-refractivity contribution in [2.45, 2.75) is 16.9 Å². The number of thiazole rings is 1. The predicted molar refractivity (Wildman–Crippen MR) is 61.0 cm³/mol. The van der Waals surface area contributed by atoms with Crippen molar-refractivity contribution in [3.8, 4) is 0 Å². The summed E-state index contributed by atoms with van der Waals surface area (Å²) >= 11 is 2.59. The Hall–Kier alpha value is -0.750. The Morgan fingerprint density at radius 3 is 2.69 bits per heavy atom. The first-order chi connectivity index (χ1) is 7.54. The van der Waals surface area contributed by atoms with E-state index < -0.39 is 12.6 Å². The van der Waals surface area contributed by atoms with Gasteiger partial charge in [-0.3, -0.25) is 0 Å². The number of para-hydroxylation sites is 1. The van der Waals surface area contributed by atoms with Gasteiger partial charge in [0.25, 0.3) is 0 Å². The molecule has 2 rings (SSSR count). The molecule has 0 spiro atoms. The van der Waals surface area contributed by atoms with Crippen LogP contribution in [0.4, 0.5) is 13.2 Å². The molecule has 2 aromatic rings. The summed E-state index contributed by atoms with van der Waals surface area (Å²) in [5, 5.41) is 0. The van der Waals surface area contributed by atoms with Crippen molar-refractivity contribution in [2.75, 3.05) is 5.75 Å². The topological polar surface area (TPSA) is 12.9 Å². The molecule has 0 saturated carbocycles. The lowest BCUT2D eigenvalue weighted by Gasteiger charge is -2.03. The van der Waals surface area contributed by atoms with Gasteiger partial charge in [0.15, 0.2) is 4.34 Å². The largest absolute Gasteiger partial charge is 0.389 e. The van der Waals surface area contributed by atoms with Crippen LogP contribution in [-0.2, 0) is 0 Å². The maximum atomic E-state index is 11.9. The van der Waals surface area contributed by atoms with Gasteiger partial charge in [-0.2, -0.15) is 13.2 Å². The summed E-state index contributed by atoms with van der Waals surface area (Å²) in [5.74, 6) is 0.0311. The van der Waals surface area contributed by atoms with E-state index in [1.54, 1.807) is 0 Å². The molecular formula is C10H8F3NS2. The highest BCUT2D eigenvalue weighted by Crippen LogP contribution is 2.31. The molecule has 86 valence electrons. The van der Waals surface area contributed by atoms with Gasteiger partial charge >= 0.3 is 6.18 Å². The Morgan fingerprint density at radius 1 is 1.25 bits per heavy atom. The van der Waals surface area contributed by atoms with Crippen molar-refractivity contribution in [3.05, 3.63) is 24.3 Å².